The summed E-state index contributed by atoms with van der Waals surface area (Å²) in [5.74, 6) is -0.0375. The lowest BCUT2D eigenvalue weighted by Crippen LogP contribution is -2.44. The molecule has 0 aromatic heterocycles. The first kappa shape index (κ1) is 20.0. The highest BCUT2D eigenvalue weighted by Crippen LogP contribution is 2.28. The summed E-state index contributed by atoms with van der Waals surface area (Å²) in [6.45, 7) is 5.45. The summed E-state index contributed by atoms with van der Waals surface area (Å²) in [5.41, 5.74) is -0.233. The Labute approximate surface area is 160 Å². The fourth-order valence-electron chi connectivity index (χ4n) is 2.65. The van der Waals surface area contributed by atoms with Crippen LogP contribution < -0.4 is 4.74 Å². The second-order valence-electron chi connectivity index (χ2n) is 6.93. The Kier molecular flexibility index (Phi) is 6.13. The topological polar surface area (TPSA) is 88.9 Å². The summed E-state index contributed by atoms with van der Waals surface area (Å²) in [7, 11) is 1.28. The molecule has 0 N–H and O–H groups in total. The summed E-state index contributed by atoms with van der Waals surface area (Å²) in [4.78, 5) is 25.8. The van der Waals surface area contributed by atoms with Crippen LogP contribution in [0.3, 0.4) is 0 Å². The molecule has 1 fully saturated rings. The largest absolute Gasteiger partial charge is 0.488 e. The minimum atomic E-state index is -0.776. The zero-order chi connectivity index (χ0) is 19.5. The maximum absolute atomic E-state index is 12.4. The van der Waals surface area contributed by atoms with E-state index in [9.17, 15) is 9.59 Å². The van der Waals surface area contributed by atoms with Crippen LogP contribution in [0.5, 0.6) is 5.75 Å². The zero-order valence-corrected chi connectivity index (χ0v) is 16.7. The highest BCUT2D eigenvalue weighted by atomic mass is 79.9. The molecule has 2 atom stereocenters. The molecule has 1 saturated heterocycles. The van der Waals surface area contributed by atoms with E-state index in [0.717, 1.165) is 0 Å². The van der Waals surface area contributed by atoms with Crippen molar-refractivity contribution >= 4 is 28.0 Å². The van der Waals surface area contributed by atoms with Gasteiger partial charge in [0.05, 0.1) is 25.3 Å². The number of methoxy groups -OCH3 is 1. The molecule has 1 aromatic rings. The highest BCUT2D eigenvalue weighted by Gasteiger charge is 2.43. The molecule has 1 amide bonds. The number of hydrogen-bond donors (Lipinski definition) is 0. The van der Waals surface area contributed by atoms with Gasteiger partial charge < -0.3 is 14.2 Å². The standard InChI is InChI=1S/C18H21BrN2O5/c1-18(2,3)26-17(23)21-10-14(8-15(21)16(22)24-4)25-13-6-11(9-20)5-12(19)7-13/h5-7,14-15H,8,10H2,1-4H3. The van der Waals surface area contributed by atoms with Crippen LogP contribution in [0.2, 0.25) is 0 Å². The molecule has 7 nitrogen and oxygen atoms in total. The number of benzene rings is 1. The first-order valence-electron chi connectivity index (χ1n) is 8.07. The van der Waals surface area contributed by atoms with Crippen LogP contribution >= 0.6 is 15.9 Å². The van der Waals surface area contributed by atoms with E-state index >= 15 is 0 Å². The van der Waals surface area contributed by atoms with E-state index in [-0.39, 0.29) is 13.0 Å². The average Bonchev–Trinajstić information content (AvgIpc) is 2.95. The van der Waals surface area contributed by atoms with Crippen molar-refractivity contribution in [1.82, 2.24) is 4.90 Å². The van der Waals surface area contributed by atoms with Crippen molar-refractivity contribution in [3.63, 3.8) is 0 Å². The molecule has 0 saturated carbocycles. The van der Waals surface area contributed by atoms with Gasteiger partial charge in [-0.25, -0.2) is 9.59 Å². The normalized spacial score (nSPS) is 19.6. The number of nitrogens with zero attached hydrogens (tertiary/aromatic N) is 2. The highest BCUT2D eigenvalue weighted by molar-refractivity contribution is 9.10. The van der Waals surface area contributed by atoms with Crippen molar-refractivity contribution < 1.29 is 23.8 Å². The number of carbonyl (C=O) groups is 2. The third kappa shape index (κ3) is 5.11. The van der Waals surface area contributed by atoms with E-state index in [1.807, 2.05) is 0 Å². The van der Waals surface area contributed by atoms with E-state index < -0.39 is 29.8 Å². The molecular formula is C18H21BrN2O5. The lowest BCUT2D eigenvalue weighted by molar-refractivity contribution is -0.145. The van der Waals surface area contributed by atoms with Gasteiger partial charge in [-0.05, 0) is 39.0 Å². The number of esters is 1. The average molecular weight is 425 g/mol. The molecule has 2 rings (SSSR count). The predicted molar refractivity (Wildman–Crippen MR) is 96.6 cm³/mol. The molecule has 2 unspecified atom stereocenters. The minimum absolute atomic E-state index is 0.184. The van der Waals surface area contributed by atoms with Crippen molar-refractivity contribution in [2.24, 2.45) is 0 Å². The maximum Gasteiger partial charge on any atom is 0.411 e. The van der Waals surface area contributed by atoms with Gasteiger partial charge in [-0.1, -0.05) is 15.9 Å². The third-order valence-electron chi connectivity index (χ3n) is 3.67. The molecule has 1 aliphatic rings. The molecule has 8 heteroatoms. The molecule has 0 aliphatic carbocycles. The van der Waals surface area contributed by atoms with Gasteiger partial charge in [0.25, 0.3) is 0 Å². The smallest absolute Gasteiger partial charge is 0.411 e. The van der Waals surface area contributed by atoms with E-state index in [0.29, 0.717) is 15.8 Å². The first-order valence-corrected chi connectivity index (χ1v) is 8.87. The van der Waals surface area contributed by atoms with Crippen molar-refractivity contribution in [1.29, 1.82) is 5.26 Å². The van der Waals surface area contributed by atoms with Gasteiger partial charge in [0.1, 0.15) is 23.5 Å². The Morgan fingerprint density at radius 3 is 2.58 bits per heavy atom. The summed E-state index contributed by atoms with van der Waals surface area (Å²) in [5, 5.41) is 9.06. The summed E-state index contributed by atoms with van der Waals surface area (Å²) in [6.07, 6.45) is -0.737. The van der Waals surface area contributed by atoms with Crippen molar-refractivity contribution in [2.45, 2.75) is 44.9 Å². The fourth-order valence-corrected chi connectivity index (χ4v) is 3.12. The summed E-state index contributed by atoms with van der Waals surface area (Å²) >= 11 is 3.33. The Morgan fingerprint density at radius 2 is 2.00 bits per heavy atom. The molecule has 1 aliphatic heterocycles. The molecule has 1 aromatic carbocycles. The van der Waals surface area contributed by atoms with Crippen LogP contribution in [0.25, 0.3) is 0 Å². The first-order chi connectivity index (χ1) is 12.1. The van der Waals surface area contributed by atoms with Gasteiger partial charge in [0.2, 0.25) is 0 Å². The van der Waals surface area contributed by atoms with Crippen LogP contribution in [0.1, 0.15) is 32.8 Å². The second kappa shape index (κ2) is 7.96. The van der Waals surface area contributed by atoms with Crippen LogP contribution in [0.15, 0.2) is 22.7 Å². The molecule has 0 radical (unpaired) electrons. The van der Waals surface area contributed by atoms with Gasteiger partial charge in [-0.3, -0.25) is 4.90 Å². The van der Waals surface area contributed by atoms with Crippen molar-refractivity contribution in [3.05, 3.63) is 28.2 Å². The number of ether oxygens (including phenoxy) is 3. The number of halogens is 1. The van der Waals surface area contributed by atoms with E-state index in [4.69, 9.17) is 19.5 Å². The van der Waals surface area contributed by atoms with E-state index in [1.54, 1.807) is 39.0 Å². The SMILES string of the molecule is COC(=O)C1CC(Oc2cc(Br)cc(C#N)c2)CN1C(=O)OC(C)(C)C. The molecule has 0 spiro atoms. The Hall–Kier alpha value is -2.27. The van der Waals surface area contributed by atoms with E-state index in [1.165, 1.54) is 12.0 Å². The van der Waals surface area contributed by atoms with Gasteiger partial charge in [-0.2, -0.15) is 5.26 Å². The maximum atomic E-state index is 12.4. The van der Waals surface area contributed by atoms with Crippen LogP contribution in [0, 0.1) is 11.3 Å². The van der Waals surface area contributed by atoms with Crippen LogP contribution in [-0.4, -0.2) is 48.4 Å². The monoisotopic (exact) mass is 424 g/mol. The summed E-state index contributed by atoms with van der Waals surface area (Å²) in [6, 6.07) is 6.28. The molecule has 0 bridgehead atoms. The zero-order valence-electron chi connectivity index (χ0n) is 15.1. The predicted octanol–water partition coefficient (Wildman–Crippen LogP) is 3.25. The number of rotatable bonds is 3. The Balaban J connectivity index is 2.17. The third-order valence-corrected chi connectivity index (χ3v) is 4.12. The quantitative estimate of drug-likeness (QED) is 0.691. The van der Waals surface area contributed by atoms with Gasteiger partial charge in [0.15, 0.2) is 0 Å². The molecular weight excluding hydrogens is 404 g/mol. The van der Waals surface area contributed by atoms with Crippen molar-refractivity contribution in [3.8, 4) is 11.8 Å². The number of hydrogen-bond acceptors (Lipinski definition) is 6. The molecule has 26 heavy (non-hydrogen) atoms. The number of carbonyl (C=O) groups excluding carboxylic acids is 2. The second-order valence-corrected chi connectivity index (χ2v) is 7.85. The van der Waals surface area contributed by atoms with Crippen LogP contribution in [0.4, 0.5) is 4.79 Å². The van der Waals surface area contributed by atoms with E-state index in [2.05, 4.69) is 22.0 Å². The summed E-state index contributed by atoms with van der Waals surface area (Å²) < 4.78 is 16.8. The lowest BCUT2D eigenvalue weighted by Gasteiger charge is -2.27. The molecule has 140 valence electrons. The number of nitriles is 1. The Bertz CT molecular complexity index is 738. The minimum Gasteiger partial charge on any atom is -0.488 e. The van der Waals surface area contributed by atoms with Crippen molar-refractivity contribution in [2.75, 3.05) is 13.7 Å². The Morgan fingerprint density at radius 1 is 1.31 bits per heavy atom. The van der Waals surface area contributed by atoms with Crippen LogP contribution in [-0.2, 0) is 14.3 Å². The van der Waals surface area contributed by atoms with Gasteiger partial charge in [0, 0.05) is 10.9 Å². The number of likely N-dealkylation sites (tertiary alicyclic amines) is 1. The fraction of sp³-hybridized carbons (Fsp3) is 0.500. The molecule has 1 heterocycles. The number of amides is 1. The lowest BCUT2D eigenvalue weighted by atomic mass is 10.2. The van der Waals surface area contributed by atoms with Gasteiger partial charge in [-0.15, -0.1) is 0 Å². The van der Waals surface area contributed by atoms with Gasteiger partial charge >= 0.3 is 12.1 Å².